The Bertz CT molecular complexity index is 1470. The SMILES string of the molecule is CCOC(=O)/C(C)=C/c1c(Cl)cc(C(=O)NC(C)=N/C(=C(\C)N2CC3CCNC3C2)c2cccc(C(F)(F)F)c2)cc1Cl. The number of ether oxygens (including phenoxy) is 1. The maximum atomic E-state index is 13.6. The number of fused-ring (bicyclic) bond motifs is 1. The van der Waals surface area contributed by atoms with Gasteiger partial charge in [-0.25, -0.2) is 9.79 Å². The first-order valence-corrected chi connectivity index (χ1v) is 14.6. The van der Waals surface area contributed by atoms with Crippen LogP contribution in [0, 0.1) is 5.92 Å². The van der Waals surface area contributed by atoms with Crippen molar-refractivity contribution in [1.82, 2.24) is 15.5 Å². The van der Waals surface area contributed by atoms with Gasteiger partial charge in [-0.3, -0.25) is 4.79 Å². The van der Waals surface area contributed by atoms with Crippen LogP contribution in [0.4, 0.5) is 13.2 Å². The molecule has 43 heavy (non-hydrogen) atoms. The summed E-state index contributed by atoms with van der Waals surface area (Å²) in [5.74, 6) is -0.459. The molecule has 0 bridgehead atoms. The summed E-state index contributed by atoms with van der Waals surface area (Å²) in [6.07, 6.45) is -2.01. The molecule has 2 atom stereocenters. The summed E-state index contributed by atoms with van der Waals surface area (Å²) in [4.78, 5) is 31.9. The van der Waals surface area contributed by atoms with Crippen LogP contribution >= 0.6 is 23.2 Å². The number of rotatable bonds is 7. The van der Waals surface area contributed by atoms with Gasteiger partial charge < -0.3 is 20.3 Å². The Kier molecular flexibility index (Phi) is 10.2. The Morgan fingerprint density at radius 2 is 1.81 bits per heavy atom. The molecular weight excluding hydrogens is 604 g/mol. The highest BCUT2D eigenvalue weighted by molar-refractivity contribution is 6.38. The number of likely N-dealkylation sites (tertiary alicyclic amines) is 1. The lowest BCUT2D eigenvalue weighted by molar-refractivity contribution is -0.138. The largest absolute Gasteiger partial charge is 0.463 e. The molecule has 4 rings (SSSR count). The maximum Gasteiger partial charge on any atom is 0.416 e. The number of nitrogens with zero attached hydrogens (tertiary/aromatic N) is 2. The fourth-order valence-electron chi connectivity index (χ4n) is 5.28. The van der Waals surface area contributed by atoms with Gasteiger partial charge in [0.25, 0.3) is 5.91 Å². The highest BCUT2D eigenvalue weighted by Gasteiger charge is 2.37. The van der Waals surface area contributed by atoms with E-state index in [2.05, 4.69) is 20.5 Å². The van der Waals surface area contributed by atoms with Crippen molar-refractivity contribution >= 4 is 52.7 Å². The van der Waals surface area contributed by atoms with Gasteiger partial charge in [0.1, 0.15) is 5.84 Å². The fourth-order valence-corrected chi connectivity index (χ4v) is 5.87. The normalized spacial score (nSPS) is 19.7. The number of allylic oxidation sites excluding steroid dienone is 1. The second kappa shape index (κ2) is 13.5. The minimum Gasteiger partial charge on any atom is -0.463 e. The predicted molar refractivity (Wildman–Crippen MR) is 163 cm³/mol. The zero-order valence-corrected chi connectivity index (χ0v) is 25.8. The van der Waals surface area contributed by atoms with Gasteiger partial charge in [-0.2, -0.15) is 13.2 Å². The van der Waals surface area contributed by atoms with Crippen LogP contribution in [0.25, 0.3) is 11.8 Å². The molecule has 2 aromatic carbocycles. The summed E-state index contributed by atoms with van der Waals surface area (Å²) in [5.41, 5.74) is 1.31. The summed E-state index contributed by atoms with van der Waals surface area (Å²) in [6, 6.07) is 8.13. The maximum absolute atomic E-state index is 13.6. The predicted octanol–water partition coefficient (Wildman–Crippen LogP) is 6.81. The first-order valence-electron chi connectivity index (χ1n) is 13.9. The van der Waals surface area contributed by atoms with Crippen molar-refractivity contribution in [2.75, 3.05) is 26.2 Å². The van der Waals surface area contributed by atoms with Crippen LogP contribution in [0.3, 0.4) is 0 Å². The Morgan fingerprint density at radius 3 is 2.44 bits per heavy atom. The number of amides is 1. The van der Waals surface area contributed by atoms with Crippen molar-refractivity contribution < 1.29 is 27.5 Å². The average molecular weight is 638 g/mol. The lowest BCUT2D eigenvalue weighted by atomic mass is 10.1. The van der Waals surface area contributed by atoms with Crippen LogP contribution in [0.1, 0.15) is 61.2 Å². The summed E-state index contributed by atoms with van der Waals surface area (Å²) in [5, 5.41) is 6.46. The highest BCUT2D eigenvalue weighted by Crippen LogP contribution is 2.35. The number of esters is 1. The van der Waals surface area contributed by atoms with Gasteiger partial charge in [-0.05, 0) is 76.9 Å². The number of nitrogens with one attached hydrogen (secondary N) is 2. The number of alkyl halides is 3. The zero-order valence-electron chi connectivity index (χ0n) is 24.2. The van der Waals surface area contributed by atoms with Crippen LogP contribution in [0.2, 0.25) is 10.0 Å². The van der Waals surface area contributed by atoms with Crippen molar-refractivity contribution in [3.05, 3.63) is 80.0 Å². The van der Waals surface area contributed by atoms with E-state index in [-0.39, 0.29) is 39.2 Å². The first kappa shape index (κ1) is 32.6. The highest BCUT2D eigenvalue weighted by atomic mass is 35.5. The van der Waals surface area contributed by atoms with Crippen molar-refractivity contribution in [1.29, 1.82) is 0 Å². The first-order chi connectivity index (χ1) is 20.3. The molecule has 12 heteroatoms. The van der Waals surface area contributed by atoms with Crippen molar-refractivity contribution in [3.8, 4) is 0 Å². The standard InChI is InChI=1S/C31H33Cl2F3N4O3/c1-5-43-30(42)17(2)11-24-25(32)13-22(14-26(24)33)29(41)39-19(4)38-28(20-7-6-8-23(12-20)31(34,35)36)18(3)40-15-21-9-10-37-27(21)16-40/h6-8,11-14,21,27,37H,5,9-10,15-16H2,1-4H3,(H,38,39,41)/b17-11+,28-18+. The Labute approximate surface area is 258 Å². The summed E-state index contributed by atoms with van der Waals surface area (Å²) >= 11 is 12.8. The van der Waals surface area contributed by atoms with Crippen LogP contribution in [-0.2, 0) is 15.7 Å². The van der Waals surface area contributed by atoms with E-state index in [9.17, 15) is 22.8 Å². The molecule has 0 radical (unpaired) electrons. The van der Waals surface area contributed by atoms with Gasteiger partial charge in [0.05, 0.1) is 27.9 Å². The van der Waals surface area contributed by atoms with Crippen molar-refractivity contribution in [2.24, 2.45) is 10.9 Å². The third-order valence-electron chi connectivity index (χ3n) is 7.52. The van der Waals surface area contributed by atoms with E-state index in [1.807, 2.05) is 6.92 Å². The van der Waals surface area contributed by atoms with Gasteiger partial charge in [0, 0.05) is 47.1 Å². The van der Waals surface area contributed by atoms with E-state index in [1.165, 1.54) is 24.3 Å². The van der Waals surface area contributed by atoms with Gasteiger partial charge in [-0.1, -0.05) is 35.3 Å². The smallest absolute Gasteiger partial charge is 0.416 e. The Balaban J connectivity index is 1.64. The average Bonchev–Trinajstić information content (AvgIpc) is 3.56. The number of amidine groups is 1. The number of carbonyl (C=O) groups is 2. The minimum absolute atomic E-state index is 0.134. The van der Waals surface area contributed by atoms with Crippen molar-refractivity contribution in [3.63, 3.8) is 0 Å². The van der Waals surface area contributed by atoms with Crippen molar-refractivity contribution in [2.45, 2.75) is 46.3 Å². The fraction of sp³-hybridized carbons (Fsp3) is 0.387. The number of hydrogen-bond donors (Lipinski definition) is 2. The number of hydrogen-bond acceptors (Lipinski definition) is 6. The Hall–Kier alpha value is -3.34. The molecule has 2 fully saturated rings. The lowest BCUT2D eigenvalue weighted by Gasteiger charge is -2.23. The molecule has 0 saturated carbocycles. The van der Waals surface area contributed by atoms with Crippen LogP contribution < -0.4 is 10.6 Å². The molecule has 230 valence electrons. The van der Waals surface area contributed by atoms with Gasteiger partial charge in [0.2, 0.25) is 0 Å². The Morgan fingerprint density at radius 1 is 1.12 bits per heavy atom. The molecule has 1 amide bonds. The monoisotopic (exact) mass is 636 g/mol. The molecule has 0 aromatic heterocycles. The minimum atomic E-state index is -4.52. The number of benzene rings is 2. The second-order valence-corrected chi connectivity index (χ2v) is 11.4. The summed E-state index contributed by atoms with van der Waals surface area (Å²) < 4.78 is 45.7. The molecular formula is C31H33Cl2F3N4O3. The van der Waals surface area contributed by atoms with E-state index in [0.29, 0.717) is 35.5 Å². The molecule has 0 spiro atoms. The van der Waals surface area contributed by atoms with E-state index in [1.54, 1.807) is 26.8 Å². The quantitative estimate of drug-likeness (QED) is 0.151. The number of carbonyl (C=O) groups excluding carboxylic acids is 2. The van der Waals surface area contributed by atoms with E-state index in [4.69, 9.17) is 27.9 Å². The summed E-state index contributed by atoms with van der Waals surface area (Å²) in [7, 11) is 0. The van der Waals surface area contributed by atoms with E-state index < -0.39 is 23.6 Å². The molecule has 0 aliphatic carbocycles. The topological polar surface area (TPSA) is 83.0 Å². The van der Waals surface area contributed by atoms with Gasteiger partial charge >= 0.3 is 12.1 Å². The molecule has 2 heterocycles. The molecule has 2 aliphatic rings. The van der Waals surface area contributed by atoms with E-state index >= 15 is 0 Å². The molecule has 2 saturated heterocycles. The molecule has 2 aliphatic heterocycles. The van der Waals surface area contributed by atoms with Gasteiger partial charge in [-0.15, -0.1) is 0 Å². The van der Waals surface area contributed by atoms with Crippen LogP contribution in [0.15, 0.2) is 52.7 Å². The third kappa shape index (κ3) is 7.79. The summed E-state index contributed by atoms with van der Waals surface area (Å²) in [6.45, 7) is 9.29. The van der Waals surface area contributed by atoms with Gasteiger partial charge in [0.15, 0.2) is 0 Å². The molecule has 2 aromatic rings. The number of halogens is 5. The molecule has 2 N–H and O–H groups in total. The molecule has 2 unspecified atom stereocenters. The molecule has 7 nitrogen and oxygen atoms in total. The lowest BCUT2D eigenvalue weighted by Crippen LogP contribution is -2.30. The number of aliphatic imine (C=N–C) groups is 1. The van der Waals surface area contributed by atoms with Crippen LogP contribution in [-0.4, -0.2) is 54.9 Å². The third-order valence-corrected chi connectivity index (χ3v) is 8.14. The second-order valence-electron chi connectivity index (χ2n) is 10.6. The van der Waals surface area contributed by atoms with E-state index in [0.717, 1.165) is 31.6 Å². The zero-order chi connectivity index (χ0) is 31.5. The van der Waals surface area contributed by atoms with Crippen LogP contribution in [0.5, 0.6) is 0 Å².